The van der Waals surface area contributed by atoms with E-state index in [1.165, 1.54) is 16.8 Å². The van der Waals surface area contributed by atoms with Gasteiger partial charge in [-0.15, -0.1) is 11.3 Å². The minimum absolute atomic E-state index is 0.608. The fourth-order valence-corrected chi connectivity index (χ4v) is 3.03. The Hall–Kier alpha value is -1.20. The molecule has 0 saturated carbocycles. The van der Waals surface area contributed by atoms with Gasteiger partial charge < -0.3 is 11.1 Å². The van der Waals surface area contributed by atoms with E-state index >= 15 is 0 Å². The van der Waals surface area contributed by atoms with Gasteiger partial charge in [0.1, 0.15) is 17.0 Å². The highest BCUT2D eigenvalue weighted by Gasteiger charge is 2.18. The summed E-state index contributed by atoms with van der Waals surface area (Å²) in [6, 6.07) is 0. The Bertz CT molecular complexity index is 491. The van der Waals surface area contributed by atoms with Crippen molar-refractivity contribution in [3.63, 3.8) is 0 Å². The van der Waals surface area contributed by atoms with Crippen molar-refractivity contribution in [3.8, 4) is 0 Å². The SMILES string of the molecule is Nc1ncnc2sc3c(c12)CNCC3. The van der Waals surface area contributed by atoms with E-state index in [0.29, 0.717) is 5.82 Å². The molecule has 0 bridgehead atoms. The van der Waals surface area contributed by atoms with Crippen LogP contribution in [-0.2, 0) is 13.0 Å². The van der Waals surface area contributed by atoms with E-state index in [1.807, 2.05) is 0 Å². The summed E-state index contributed by atoms with van der Waals surface area (Å²) in [5.74, 6) is 0.608. The lowest BCUT2D eigenvalue weighted by Gasteiger charge is -2.12. The Labute approximate surface area is 85.2 Å². The van der Waals surface area contributed by atoms with Gasteiger partial charge in [0.2, 0.25) is 0 Å². The number of fused-ring (bicyclic) bond motifs is 3. The molecule has 2 aromatic heterocycles. The molecule has 1 aliphatic heterocycles. The van der Waals surface area contributed by atoms with E-state index < -0.39 is 0 Å². The third-order valence-corrected chi connectivity index (χ3v) is 3.73. The van der Waals surface area contributed by atoms with Crippen LogP contribution in [0.15, 0.2) is 6.33 Å². The van der Waals surface area contributed by atoms with Gasteiger partial charge in [0.25, 0.3) is 0 Å². The molecule has 3 N–H and O–H groups in total. The Morgan fingerprint density at radius 1 is 1.43 bits per heavy atom. The van der Waals surface area contributed by atoms with E-state index in [-0.39, 0.29) is 0 Å². The van der Waals surface area contributed by atoms with Crippen molar-refractivity contribution in [2.45, 2.75) is 13.0 Å². The smallest absolute Gasteiger partial charge is 0.135 e. The number of nitrogens with zero attached hydrogens (tertiary/aromatic N) is 2. The molecule has 5 heteroatoms. The molecule has 0 saturated heterocycles. The number of nitrogen functional groups attached to an aromatic ring is 1. The molecule has 2 aromatic rings. The Morgan fingerprint density at radius 2 is 2.36 bits per heavy atom. The zero-order chi connectivity index (χ0) is 9.54. The monoisotopic (exact) mass is 206 g/mol. The molecular weight excluding hydrogens is 196 g/mol. The third kappa shape index (κ3) is 1.03. The van der Waals surface area contributed by atoms with Crippen LogP contribution in [0.4, 0.5) is 5.82 Å². The number of thiophene rings is 1. The van der Waals surface area contributed by atoms with Crippen molar-refractivity contribution >= 4 is 27.4 Å². The van der Waals surface area contributed by atoms with E-state index in [2.05, 4.69) is 15.3 Å². The van der Waals surface area contributed by atoms with Crippen LogP contribution < -0.4 is 11.1 Å². The minimum atomic E-state index is 0.608. The maximum absolute atomic E-state index is 5.85. The zero-order valence-corrected chi connectivity index (χ0v) is 8.40. The summed E-state index contributed by atoms with van der Waals surface area (Å²) in [7, 11) is 0. The first-order chi connectivity index (χ1) is 6.86. The van der Waals surface area contributed by atoms with Gasteiger partial charge in [-0.3, -0.25) is 0 Å². The molecule has 4 nitrogen and oxygen atoms in total. The van der Waals surface area contributed by atoms with Crippen LogP contribution >= 0.6 is 11.3 Å². The second-order valence-electron chi connectivity index (χ2n) is 3.37. The minimum Gasteiger partial charge on any atom is -0.383 e. The third-order valence-electron chi connectivity index (χ3n) is 2.53. The molecule has 3 heterocycles. The van der Waals surface area contributed by atoms with Crippen molar-refractivity contribution < 1.29 is 0 Å². The molecule has 14 heavy (non-hydrogen) atoms. The van der Waals surface area contributed by atoms with E-state index in [0.717, 1.165) is 29.7 Å². The molecule has 0 fully saturated rings. The molecule has 0 amide bonds. The van der Waals surface area contributed by atoms with Crippen LogP contribution in [0.3, 0.4) is 0 Å². The summed E-state index contributed by atoms with van der Waals surface area (Å²) in [5, 5.41) is 4.40. The van der Waals surface area contributed by atoms with Crippen LogP contribution in [0.25, 0.3) is 10.2 Å². The maximum Gasteiger partial charge on any atom is 0.135 e. The van der Waals surface area contributed by atoms with Gasteiger partial charge >= 0.3 is 0 Å². The highest BCUT2D eigenvalue weighted by atomic mass is 32.1. The van der Waals surface area contributed by atoms with Gasteiger partial charge in [-0.25, -0.2) is 9.97 Å². The molecule has 72 valence electrons. The predicted molar refractivity (Wildman–Crippen MR) is 57.2 cm³/mol. The van der Waals surface area contributed by atoms with Gasteiger partial charge in [0.15, 0.2) is 0 Å². The lowest BCUT2D eigenvalue weighted by molar-refractivity contribution is 0.656. The molecule has 1 aliphatic rings. The lowest BCUT2D eigenvalue weighted by atomic mass is 10.1. The second-order valence-corrected chi connectivity index (χ2v) is 4.45. The highest BCUT2D eigenvalue weighted by molar-refractivity contribution is 7.18. The van der Waals surface area contributed by atoms with E-state index in [1.54, 1.807) is 11.3 Å². The molecule has 0 aromatic carbocycles. The summed E-state index contributed by atoms with van der Waals surface area (Å²) >= 11 is 1.74. The topological polar surface area (TPSA) is 63.8 Å². The van der Waals surface area contributed by atoms with E-state index in [9.17, 15) is 0 Å². The maximum atomic E-state index is 5.85. The van der Waals surface area contributed by atoms with E-state index in [4.69, 9.17) is 5.73 Å². The molecule has 0 radical (unpaired) electrons. The van der Waals surface area contributed by atoms with Gasteiger partial charge in [0.05, 0.1) is 5.39 Å². The summed E-state index contributed by atoms with van der Waals surface area (Å²) in [4.78, 5) is 10.7. The van der Waals surface area contributed by atoms with Gasteiger partial charge in [-0.1, -0.05) is 0 Å². The molecule has 0 spiro atoms. The number of rotatable bonds is 0. The van der Waals surface area contributed by atoms with Crippen molar-refractivity contribution in [2.24, 2.45) is 0 Å². The number of nitrogens with two attached hydrogens (primary N) is 1. The van der Waals surface area contributed by atoms with Crippen molar-refractivity contribution in [3.05, 3.63) is 16.8 Å². The van der Waals surface area contributed by atoms with Crippen molar-refractivity contribution in [1.29, 1.82) is 0 Å². The van der Waals surface area contributed by atoms with Crippen molar-refractivity contribution in [1.82, 2.24) is 15.3 Å². The van der Waals surface area contributed by atoms with Gasteiger partial charge in [-0.2, -0.15) is 0 Å². The fraction of sp³-hybridized carbons (Fsp3) is 0.333. The summed E-state index contributed by atoms with van der Waals surface area (Å²) < 4.78 is 0. The number of aromatic nitrogens is 2. The quantitative estimate of drug-likeness (QED) is 0.672. The number of hydrogen-bond acceptors (Lipinski definition) is 5. The summed E-state index contributed by atoms with van der Waals surface area (Å²) in [6.45, 7) is 1.94. The standard InChI is InChI=1S/C9H10N4S/c10-8-7-5-3-11-2-1-6(5)14-9(7)13-4-12-8/h4,11H,1-3H2,(H2,10,12,13). The number of nitrogens with one attached hydrogen (secondary N) is 1. The zero-order valence-electron chi connectivity index (χ0n) is 7.58. The first-order valence-corrected chi connectivity index (χ1v) is 5.39. The Morgan fingerprint density at radius 3 is 3.29 bits per heavy atom. The first-order valence-electron chi connectivity index (χ1n) is 4.57. The predicted octanol–water partition coefficient (Wildman–Crippen LogP) is 0.919. The largest absolute Gasteiger partial charge is 0.383 e. The van der Waals surface area contributed by atoms with Crippen LogP contribution in [0.1, 0.15) is 10.4 Å². The lowest BCUT2D eigenvalue weighted by Crippen LogP contribution is -2.22. The van der Waals surface area contributed by atoms with Crippen molar-refractivity contribution in [2.75, 3.05) is 12.3 Å². The van der Waals surface area contributed by atoms with Gasteiger partial charge in [-0.05, 0) is 12.0 Å². The Balaban J connectivity index is 2.38. The normalized spacial score (nSPS) is 15.7. The molecule has 0 aliphatic carbocycles. The van der Waals surface area contributed by atoms with Crippen LogP contribution in [0, 0.1) is 0 Å². The van der Waals surface area contributed by atoms with Gasteiger partial charge in [0, 0.05) is 18.0 Å². The number of hydrogen-bond donors (Lipinski definition) is 2. The molecule has 0 atom stereocenters. The van der Waals surface area contributed by atoms with Crippen LogP contribution in [0.2, 0.25) is 0 Å². The average molecular weight is 206 g/mol. The molecular formula is C9H10N4S. The average Bonchev–Trinajstić information content (AvgIpc) is 2.57. The second kappa shape index (κ2) is 2.90. The molecule has 0 unspecified atom stereocenters. The fourth-order valence-electron chi connectivity index (χ4n) is 1.87. The Kier molecular flexibility index (Phi) is 1.68. The first kappa shape index (κ1) is 8.14. The van der Waals surface area contributed by atoms with Crippen LogP contribution in [-0.4, -0.2) is 16.5 Å². The number of anilines is 1. The summed E-state index contributed by atoms with van der Waals surface area (Å²) in [6.07, 6.45) is 2.61. The highest BCUT2D eigenvalue weighted by Crippen LogP contribution is 2.33. The van der Waals surface area contributed by atoms with Crippen LogP contribution in [0.5, 0.6) is 0 Å². The summed E-state index contributed by atoms with van der Waals surface area (Å²) in [5.41, 5.74) is 7.15. The molecule has 3 rings (SSSR count).